The van der Waals surface area contributed by atoms with Gasteiger partial charge in [0.15, 0.2) is 11.2 Å². The van der Waals surface area contributed by atoms with E-state index in [1.807, 2.05) is 6.92 Å². The molecule has 0 aliphatic heterocycles. The SMILES string of the molecule is CCn1c(Oc2ccc(/C=N/N)cc2)nc2c1c(=O)n(C)c(=O)n2C. The van der Waals surface area contributed by atoms with Crippen LogP contribution in [0.15, 0.2) is 39.0 Å². The number of benzene rings is 1. The van der Waals surface area contributed by atoms with E-state index in [0.717, 1.165) is 10.1 Å². The molecule has 0 radical (unpaired) electrons. The predicted octanol–water partition coefficient (Wildman–Crippen LogP) is 0.538. The van der Waals surface area contributed by atoms with E-state index in [-0.39, 0.29) is 11.7 Å². The van der Waals surface area contributed by atoms with Crippen molar-refractivity contribution in [1.82, 2.24) is 18.7 Å². The van der Waals surface area contributed by atoms with Crippen molar-refractivity contribution >= 4 is 17.4 Å². The third-order valence-corrected chi connectivity index (χ3v) is 3.94. The van der Waals surface area contributed by atoms with Gasteiger partial charge in [0.1, 0.15) is 5.75 Å². The number of hydrazone groups is 1. The topological polar surface area (TPSA) is 109 Å². The zero-order valence-electron chi connectivity index (χ0n) is 14.1. The number of nitrogens with zero attached hydrogens (tertiary/aromatic N) is 5. The Kier molecular flexibility index (Phi) is 4.14. The minimum atomic E-state index is -0.435. The molecular formula is C16H18N6O3. The largest absolute Gasteiger partial charge is 0.425 e. The molecule has 0 saturated carbocycles. The number of ether oxygens (including phenoxy) is 1. The molecule has 0 saturated heterocycles. The number of aryl methyl sites for hydroxylation is 2. The monoisotopic (exact) mass is 342 g/mol. The van der Waals surface area contributed by atoms with Gasteiger partial charge in [-0.1, -0.05) is 0 Å². The smallest absolute Gasteiger partial charge is 0.332 e. The summed E-state index contributed by atoms with van der Waals surface area (Å²) < 4.78 is 9.85. The molecule has 2 aromatic heterocycles. The Labute approximate surface area is 142 Å². The van der Waals surface area contributed by atoms with Crippen molar-refractivity contribution in [3.05, 3.63) is 50.7 Å². The first-order valence-corrected chi connectivity index (χ1v) is 7.65. The first-order valence-electron chi connectivity index (χ1n) is 7.65. The van der Waals surface area contributed by atoms with E-state index in [1.54, 1.807) is 35.9 Å². The quantitative estimate of drug-likeness (QED) is 0.423. The van der Waals surface area contributed by atoms with Crippen molar-refractivity contribution < 1.29 is 4.74 Å². The molecule has 2 N–H and O–H groups in total. The molecule has 1 aromatic carbocycles. The molecule has 130 valence electrons. The molecule has 0 spiro atoms. The summed E-state index contributed by atoms with van der Waals surface area (Å²) >= 11 is 0. The lowest BCUT2D eigenvalue weighted by Gasteiger charge is -2.07. The molecule has 0 amide bonds. The average Bonchev–Trinajstić information content (AvgIpc) is 2.98. The van der Waals surface area contributed by atoms with Gasteiger partial charge in [-0.25, -0.2) is 4.79 Å². The van der Waals surface area contributed by atoms with Gasteiger partial charge in [-0.15, -0.1) is 0 Å². The Morgan fingerprint density at radius 2 is 1.88 bits per heavy atom. The van der Waals surface area contributed by atoms with Crippen LogP contribution in [0, 0.1) is 0 Å². The van der Waals surface area contributed by atoms with Gasteiger partial charge in [0.05, 0.1) is 6.21 Å². The lowest BCUT2D eigenvalue weighted by atomic mass is 10.2. The van der Waals surface area contributed by atoms with Crippen molar-refractivity contribution in [3.8, 4) is 11.8 Å². The van der Waals surface area contributed by atoms with Crippen LogP contribution in [-0.2, 0) is 20.6 Å². The van der Waals surface area contributed by atoms with Crippen LogP contribution in [0.5, 0.6) is 11.8 Å². The Morgan fingerprint density at radius 1 is 1.20 bits per heavy atom. The Balaban J connectivity index is 2.13. The number of rotatable bonds is 4. The molecule has 9 heteroatoms. The molecule has 0 aliphatic rings. The molecule has 0 atom stereocenters. The molecule has 25 heavy (non-hydrogen) atoms. The molecule has 9 nitrogen and oxygen atoms in total. The second-order valence-corrected chi connectivity index (χ2v) is 5.47. The van der Waals surface area contributed by atoms with Crippen molar-refractivity contribution in [3.63, 3.8) is 0 Å². The maximum atomic E-state index is 12.5. The summed E-state index contributed by atoms with van der Waals surface area (Å²) in [5, 5.41) is 3.46. The lowest BCUT2D eigenvalue weighted by molar-refractivity contribution is 0.418. The highest BCUT2D eigenvalue weighted by Crippen LogP contribution is 2.24. The van der Waals surface area contributed by atoms with Gasteiger partial charge < -0.3 is 10.6 Å². The van der Waals surface area contributed by atoms with Gasteiger partial charge in [-0.3, -0.25) is 18.5 Å². The molecule has 0 aliphatic carbocycles. The van der Waals surface area contributed by atoms with E-state index >= 15 is 0 Å². The number of fused-ring (bicyclic) bond motifs is 1. The summed E-state index contributed by atoms with van der Waals surface area (Å²) in [6.07, 6.45) is 1.52. The highest BCUT2D eigenvalue weighted by atomic mass is 16.5. The molecule has 0 fully saturated rings. The van der Waals surface area contributed by atoms with E-state index in [2.05, 4.69) is 10.1 Å². The van der Waals surface area contributed by atoms with Crippen LogP contribution in [0.3, 0.4) is 0 Å². The van der Waals surface area contributed by atoms with Crippen molar-refractivity contribution in [2.75, 3.05) is 0 Å². The van der Waals surface area contributed by atoms with Crippen LogP contribution in [0.4, 0.5) is 0 Å². The first kappa shape index (κ1) is 16.5. The number of aromatic nitrogens is 4. The molecule has 0 bridgehead atoms. The van der Waals surface area contributed by atoms with Crippen molar-refractivity contribution in [2.24, 2.45) is 25.0 Å². The minimum absolute atomic E-state index is 0.246. The van der Waals surface area contributed by atoms with Crippen molar-refractivity contribution in [2.45, 2.75) is 13.5 Å². The van der Waals surface area contributed by atoms with Gasteiger partial charge in [0.25, 0.3) is 5.56 Å². The zero-order chi connectivity index (χ0) is 18.1. The number of nitrogens with two attached hydrogens (primary N) is 1. The molecule has 3 rings (SSSR count). The second kappa shape index (κ2) is 6.27. The molecule has 0 unspecified atom stereocenters. The second-order valence-electron chi connectivity index (χ2n) is 5.47. The van der Waals surface area contributed by atoms with E-state index in [4.69, 9.17) is 10.6 Å². The standard InChI is InChI=1S/C16H18N6O3/c1-4-22-12-13(20(2)16(24)21(3)14(12)23)19-15(22)25-11-7-5-10(6-8-11)9-18-17/h5-9H,4,17H2,1-3H3/b18-9+. The molecule has 2 heterocycles. The van der Waals surface area contributed by atoms with E-state index in [0.29, 0.717) is 17.8 Å². The van der Waals surface area contributed by atoms with Gasteiger partial charge in [-0.2, -0.15) is 10.1 Å². The van der Waals surface area contributed by atoms with E-state index < -0.39 is 11.2 Å². The summed E-state index contributed by atoms with van der Waals surface area (Å²) in [5.74, 6) is 5.66. The summed E-state index contributed by atoms with van der Waals surface area (Å²) in [6.45, 7) is 2.34. The van der Waals surface area contributed by atoms with Gasteiger partial charge in [0, 0.05) is 20.6 Å². The summed E-state index contributed by atoms with van der Waals surface area (Å²) in [6, 6.07) is 7.32. The van der Waals surface area contributed by atoms with E-state index in [1.165, 1.54) is 17.8 Å². The predicted molar refractivity (Wildman–Crippen MR) is 94.2 cm³/mol. The zero-order valence-corrected chi connectivity index (χ0v) is 14.1. The summed E-state index contributed by atoms with van der Waals surface area (Å²) in [4.78, 5) is 28.9. The van der Waals surface area contributed by atoms with Gasteiger partial charge in [-0.05, 0) is 36.8 Å². The number of hydrogen-bond donors (Lipinski definition) is 1. The van der Waals surface area contributed by atoms with Gasteiger partial charge >= 0.3 is 11.7 Å². The maximum Gasteiger partial charge on any atom is 0.332 e. The van der Waals surface area contributed by atoms with Gasteiger partial charge in [0.2, 0.25) is 0 Å². The molecule has 3 aromatic rings. The highest BCUT2D eigenvalue weighted by molar-refractivity contribution is 5.79. The van der Waals surface area contributed by atoms with Crippen LogP contribution in [0.1, 0.15) is 12.5 Å². The van der Waals surface area contributed by atoms with Crippen LogP contribution in [0.2, 0.25) is 0 Å². The third kappa shape index (κ3) is 2.69. The lowest BCUT2D eigenvalue weighted by Crippen LogP contribution is -2.37. The Morgan fingerprint density at radius 3 is 2.48 bits per heavy atom. The average molecular weight is 342 g/mol. The normalized spacial score (nSPS) is 11.5. The van der Waals surface area contributed by atoms with Crippen LogP contribution in [-0.4, -0.2) is 24.9 Å². The molecular weight excluding hydrogens is 324 g/mol. The summed E-state index contributed by atoms with van der Waals surface area (Å²) in [7, 11) is 3.01. The third-order valence-electron chi connectivity index (χ3n) is 3.94. The number of hydrogen-bond acceptors (Lipinski definition) is 6. The Bertz CT molecular complexity index is 1070. The van der Waals surface area contributed by atoms with Crippen LogP contribution < -0.4 is 21.8 Å². The maximum absolute atomic E-state index is 12.5. The fourth-order valence-corrected chi connectivity index (χ4v) is 2.61. The first-order chi connectivity index (χ1) is 12.0. The summed E-state index contributed by atoms with van der Waals surface area (Å²) in [5.41, 5.74) is 0.605. The van der Waals surface area contributed by atoms with Crippen LogP contribution in [0.25, 0.3) is 11.2 Å². The number of imidazole rings is 1. The van der Waals surface area contributed by atoms with E-state index in [9.17, 15) is 9.59 Å². The Hall–Kier alpha value is -3.36. The van der Waals surface area contributed by atoms with Crippen LogP contribution >= 0.6 is 0 Å². The fraction of sp³-hybridized carbons (Fsp3) is 0.250. The van der Waals surface area contributed by atoms with Crippen molar-refractivity contribution in [1.29, 1.82) is 0 Å². The fourth-order valence-electron chi connectivity index (χ4n) is 2.61. The minimum Gasteiger partial charge on any atom is -0.425 e. The highest BCUT2D eigenvalue weighted by Gasteiger charge is 2.19.